The van der Waals surface area contributed by atoms with Crippen LogP contribution in [-0.4, -0.2) is 19.2 Å². The fourth-order valence-corrected chi connectivity index (χ4v) is 3.23. The van der Waals surface area contributed by atoms with Crippen molar-refractivity contribution in [2.75, 3.05) is 14.2 Å². The van der Waals surface area contributed by atoms with Crippen molar-refractivity contribution in [3.05, 3.63) is 78.1 Å². The van der Waals surface area contributed by atoms with Gasteiger partial charge in [0.05, 0.1) is 14.2 Å². The van der Waals surface area contributed by atoms with Crippen molar-refractivity contribution < 1.29 is 13.9 Å². The van der Waals surface area contributed by atoms with Gasteiger partial charge >= 0.3 is 0 Å². The number of rotatable bonds is 7. The number of furan rings is 1. The number of hydrogen-bond donors (Lipinski definition) is 1. The molecular weight excluding hydrogens is 352 g/mol. The summed E-state index contributed by atoms with van der Waals surface area (Å²) in [4.78, 5) is 4.15. The van der Waals surface area contributed by atoms with E-state index in [-0.39, 0.29) is 0 Å². The first kappa shape index (κ1) is 18.1. The first-order valence-electron chi connectivity index (χ1n) is 9.12. The van der Waals surface area contributed by atoms with E-state index in [1.165, 1.54) is 0 Å². The van der Waals surface area contributed by atoms with E-state index in [9.17, 15) is 0 Å². The standard InChI is InChI=1S/C23H22N2O3/c1-26-19-7-3-6-17(11-19)22-12-20-18(8-9-21(27-2)23(20)28-22)15-25-14-16-5-4-10-24-13-16/h3-13,25H,14-15H2,1-2H3. The van der Waals surface area contributed by atoms with Gasteiger partial charge in [0.1, 0.15) is 11.5 Å². The second-order valence-electron chi connectivity index (χ2n) is 6.48. The molecule has 0 saturated carbocycles. The summed E-state index contributed by atoms with van der Waals surface area (Å²) in [5, 5.41) is 4.51. The molecule has 0 radical (unpaired) electrons. The van der Waals surface area contributed by atoms with Gasteiger partial charge in [-0.2, -0.15) is 0 Å². The predicted octanol–water partition coefficient (Wildman–Crippen LogP) is 4.80. The fourth-order valence-electron chi connectivity index (χ4n) is 3.23. The lowest BCUT2D eigenvalue weighted by Gasteiger charge is -2.08. The topological polar surface area (TPSA) is 56.5 Å². The monoisotopic (exact) mass is 374 g/mol. The highest BCUT2D eigenvalue weighted by atomic mass is 16.5. The molecule has 28 heavy (non-hydrogen) atoms. The molecule has 5 nitrogen and oxygen atoms in total. The molecule has 2 aromatic heterocycles. The number of aromatic nitrogens is 1. The maximum absolute atomic E-state index is 6.16. The molecule has 0 unspecified atom stereocenters. The van der Waals surface area contributed by atoms with E-state index in [2.05, 4.69) is 28.5 Å². The molecule has 1 N–H and O–H groups in total. The van der Waals surface area contributed by atoms with Crippen LogP contribution in [0.25, 0.3) is 22.3 Å². The number of ether oxygens (including phenoxy) is 2. The lowest BCUT2D eigenvalue weighted by molar-refractivity contribution is 0.410. The Labute approximate surface area is 163 Å². The van der Waals surface area contributed by atoms with Gasteiger partial charge in [0.2, 0.25) is 0 Å². The number of fused-ring (bicyclic) bond motifs is 1. The van der Waals surface area contributed by atoms with Crippen LogP contribution in [0.15, 0.2) is 71.4 Å². The number of nitrogens with zero attached hydrogens (tertiary/aromatic N) is 1. The Hall–Kier alpha value is -3.31. The highest BCUT2D eigenvalue weighted by molar-refractivity contribution is 5.90. The van der Waals surface area contributed by atoms with E-state index in [1.807, 2.05) is 42.6 Å². The molecule has 2 aromatic carbocycles. The third-order valence-corrected chi connectivity index (χ3v) is 4.68. The summed E-state index contributed by atoms with van der Waals surface area (Å²) in [5.74, 6) is 2.30. The molecule has 0 atom stereocenters. The van der Waals surface area contributed by atoms with Gasteiger partial charge < -0.3 is 19.2 Å². The number of pyridine rings is 1. The summed E-state index contributed by atoms with van der Waals surface area (Å²) in [6.07, 6.45) is 3.65. The molecule has 0 spiro atoms. The average Bonchev–Trinajstić information content (AvgIpc) is 3.20. The molecule has 0 bridgehead atoms. The number of hydrogen-bond acceptors (Lipinski definition) is 5. The Bertz CT molecular complexity index is 1070. The molecule has 0 aliphatic carbocycles. The van der Waals surface area contributed by atoms with Gasteiger partial charge in [0, 0.05) is 36.4 Å². The molecule has 0 aliphatic rings. The molecular formula is C23H22N2O3. The maximum atomic E-state index is 6.16. The first-order chi connectivity index (χ1) is 13.8. The quantitative estimate of drug-likeness (QED) is 0.503. The average molecular weight is 374 g/mol. The summed E-state index contributed by atoms with van der Waals surface area (Å²) in [6.45, 7) is 1.47. The minimum absolute atomic E-state index is 0.715. The zero-order chi connectivity index (χ0) is 19.3. The van der Waals surface area contributed by atoms with E-state index in [0.29, 0.717) is 6.54 Å². The lowest BCUT2D eigenvalue weighted by Crippen LogP contribution is -2.12. The fraction of sp³-hybridized carbons (Fsp3) is 0.174. The van der Waals surface area contributed by atoms with Crippen molar-refractivity contribution in [3.63, 3.8) is 0 Å². The maximum Gasteiger partial charge on any atom is 0.176 e. The largest absolute Gasteiger partial charge is 0.497 e. The van der Waals surface area contributed by atoms with E-state index in [4.69, 9.17) is 13.9 Å². The Balaban J connectivity index is 1.64. The predicted molar refractivity (Wildman–Crippen MR) is 110 cm³/mol. The van der Waals surface area contributed by atoms with Crippen LogP contribution in [0.4, 0.5) is 0 Å². The van der Waals surface area contributed by atoms with Crippen LogP contribution in [0.2, 0.25) is 0 Å². The first-order valence-corrected chi connectivity index (χ1v) is 9.12. The minimum atomic E-state index is 0.715. The highest BCUT2D eigenvalue weighted by Gasteiger charge is 2.14. The van der Waals surface area contributed by atoms with Gasteiger partial charge in [-0.3, -0.25) is 4.98 Å². The van der Waals surface area contributed by atoms with Crippen LogP contribution >= 0.6 is 0 Å². The van der Waals surface area contributed by atoms with Crippen molar-refractivity contribution in [3.8, 4) is 22.8 Å². The van der Waals surface area contributed by atoms with Gasteiger partial charge in [0.15, 0.2) is 11.3 Å². The van der Waals surface area contributed by atoms with Crippen LogP contribution in [0.3, 0.4) is 0 Å². The molecule has 5 heteroatoms. The zero-order valence-electron chi connectivity index (χ0n) is 15.9. The number of benzene rings is 2. The SMILES string of the molecule is COc1cccc(-c2cc3c(CNCc4cccnc4)ccc(OC)c3o2)c1. The normalized spacial score (nSPS) is 10.9. The second kappa shape index (κ2) is 8.15. The van der Waals surface area contributed by atoms with Crippen molar-refractivity contribution in [1.29, 1.82) is 0 Å². The lowest BCUT2D eigenvalue weighted by atomic mass is 10.1. The van der Waals surface area contributed by atoms with Gasteiger partial charge in [-0.25, -0.2) is 0 Å². The van der Waals surface area contributed by atoms with E-state index in [1.54, 1.807) is 20.4 Å². The molecule has 142 valence electrons. The Morgan fingerprint density at radius 2 is 1.89 bits per heavy atom. The van der Waals surface area contributed by atoms with Crippen LogP contribution < -0.4 is 14.8 Å². The smallest absolute Gasteiger partial charge is 0.176 e. The molecule has 2 heterocycles. The third kappa shape index (κ3) is 3.70. The minimum Gasteiger partial charge on any atom is -0.497 e. The van der Waals surface area contributed by atoms with Crippen molar-refractivity contribution >= 4 is 11.0 Å². The van der Waals surface area contributed by atoms with Crippen LogP contribution in [0, 0.1) is 0 Å². The van der Waals surface area contributed by atoms with E-state index in [0.717, 1.165) is 51.5 Å². The third-order valence-electron chi connectivity index (χ3n) is 4.68. The molecule has 4 rings (SSSR count). The Morgan fingerprint density at radius 3 is 2.68 bits per heavy atom. The summed E-state index contributed by atoms with van der Waals surface area (Å²) in [5.41, 5.74) is 4.02. The van der Waals surface area contributed by atoms with E-state index >= 15 is 0 Å². The Morgan fingerprint density at radius 1 is 0.964 bits per heavy atom. The van der Waals surface area contributed by atoms with Crippen molar-refractivity contribution in [2.24, 2.45) is 0 Å². The second-order valence-corrected chi connectivity index (χ2v) is 6.48. The van der Waals surface area contributed by atoms with Gasteiger partial charge in [-0.15, -0.1) is 0 Å². The molecule has 0 amide bonds. The molecule has 0 saturated heterocycles. The zero-order valence-corrected chi connectivity index (χ0v) is 15.9. The van der Waals surface area contributed by atoms with Gasteiger partial charge in [0.25, 0.3) is 0 Å². The number of nitrogens with one attached hydrogen (secondary N) is 1. The van der Waals surface area contributed by atoms with Gasteiger partial charge in [-0.05, 0) is 41.5 Å². The van der Waals surface area contributed by atoms with E-state index < -0.39 is 0 Å². The summed E-state index contributed by atoms with van der Waals surface area (Å²) < 4.78 is 17.0. The summed E-state index contributed by atoms with van der Waals surface area (Å²) in [7, 11) is 3.32. The summed E-state index contributed by atoms with van der Waals surface area (Å²) in [6, 6.07) is 17.9. The van der Waals surface area contributed by atoms with Crippen LogP contribution in [-0.2, 0) is 13.1 Å². The molecule has 0 aliphatic heterocycles. The highest BCUT2D eigenvalue weighted by Crippen LogP contribution is 2.36. The molecule has 0 fully saturated rings. The van der Waals surface area contributed by atoms with Crippen molar-refractivity contribution in [1.82, 2.24) is 10.3 Å². The summed E-state index contributed by atoms with van der Waals surface area (Å²) >= 11 is 0. The van der Waals surface area contributed by atoms with Crippen LogP contribution in [0.5, 0.6) is 11.5 Å². The molecule has 4 aromatic rings. The van der Waals surface area contributed by atoms with Crippen LogP contribution in [0.1, 0.15) is 11.1 Å². The van der Waals surface area contributed by atoms with Crippen molar-refractivity contribution in [2.45, 2.75) is 13.1 Å². The van der Waals surface area contributed by atoms with Gasteiger partial charge in [-0.1, -0.05) is 24.3 Å². The number of methoxy groups -OCH3 is 2. The Kier molecular flexibility index (Phi) is 5.26.